The van der Waals surface area contributed by atoms with Crippen LogP contribution in [-0.4, -0.2) is 45.4 Å². The van der Waals surface area contributed by atoms with Crippen LogP contribution in [0.3, 0.4) is 0 Å². The van der Waals surface area contributed by atoms with Crippen LogP contribution < -0.4 is 29.6 Å². The van der Waals surface area contributed by atoms with Gasteiger partial charge in [0.15, 0.2) is 0 Å². The van der Waals surface area contributed by atoms with E-state index in [-0.39, 0.29) is 5.57 Å². The molecular formula is C22H24N2O7. The minimum absolute atomic E-state index is 0.118. The van der Waals surface area contributed by atoms with Gasteiger partial charge in [-0.1, -0.05) is 6.58 Å². The van der Waals surface area contributed by atoms with Crippen molar-refractivity contribution >= 4 is 28.8 Å². The van der Waals surface area contributed by atoms with Gasteiger partial charge < -0.3 is 34.7 Å². The number of hydrogen-bond donors (Lipinski definition) is 3. The number of ether oxygens (including phenoxy) is 4. The van der Waals surface area contributed by atoms with Gasteiger partial charge in [0.1, 0.15) is 23.0 Å². The van der Waals surface area contributed by atoms with E-state index < -0.39 is 11.9 Å². The molecule has 0 heterocycles. The normalized spacial score (nSPS) is 10.3. The summed E-state index contributed by atoms with van der Waals surface area (Å²) in [7, 11) is 5.92. The highest BCUT2D eigenvalue weighted by Gasteiger charge is 2.21. The van der Waals surface area contributed by atoms with Crippen molar-refractivity contribution in [1.29, 1.82) is 0 Å². The first-order valence-electron chi connectivity index (χ1n) is 8.99. The van der Waals surface area contributed by atoms with Crippen molar-refractivity contribution in [1.82, 2.24) is 0 Å². The number of nitrogens with one attached hydrogen (secondary N) is 2. The smallest absolute Gasteiger partial charge is 0.329 e. The van der Waals surface area contributed by atoms with Gasteiger partial charge >= 0.3 is 5.97 Å². The number of aliphatic carboxylic acids is 1. The van der Waals surface area contributed by atoms with Crippen LogP contribution in [0.4, 0.5) is 11.4 Å². The summed E-state index contributed by atoms with van der Waals surface area (Å²) in [6, 6.07) is 8.11. The number of carbonyl (C=O) groups excluding carboxylic acids is 1. The zero-order chi connectivity index (χ0) is 23.0. The molecule has 0 unspecified atom stereocenters. The topological polar surface area (TPSA) is 115 Å². The number of benzene rings is 2. The largest absolute Gasteiger partial charge is 0.496 e. The average Bonchev–Trinajstić information content (AvgIpc) is 2.77. The van der Waals surface area contributed by atoms with Crippen LogP contribution in [0, 0.1) is 0 Å². The molecule has 0 aliphatic heterocycles. The maximum Gasteiger partial charge on any atom is 0.329 e. The molecule has 0 radical (unpaired) electrons. The molecule has 1 amide bonds. The summed E-state index contributed by atoms with van der Waals surface area (Å²) in [5.74, 6) is 0.115. The molecule has 0 saturated carbocycles. The van der Waals surface area contributed by atoms with Crippen LogP contribution >= 0.6 is 0 Å². The Hall–Kier alpha value is -4.14. The fourth-order valence-corrected chi connectivity index (χ4v) is 2.72. The molecule has 164 valence electrons. The molecule has 0 saturated heterocycles. The molecular weight excluding hydrogens is 404 g/mol. The molecule has 2 rings (SSSR count). The SMILES string of the molecule is C=C(C(=O)Nc1ccc(OC)c(NC=CC(=O)O)c1)c1c(OC)cc(OC)cc1OC. The molecule has 0 aliphatic rings. The lowest BCUT2D eigenvalue weighted by atomic mass is 10.0. The number of carboxylic acid groups (broad SMARTS) is 1. The van der Waals surface area contributed by atoms with Crippen LogP contribution in [0.15, 0.2) is 49.2 Å². The first-order chi connectivity index (χ1) is 14.8. The predicted molar refractivity (Wildman–Crippen MR) is 117 cm³/mol. The van der Waals surface area contributed by atoms with Crippen molar-refractivity contribution in [2.24, 2.45) is 0 Å². The highest BCUT2D eigenvalue weighted by atomic mass is 16.5. The van der Waals surface area contributed by atoms with E-state index in [1.54, 1.807) is 30.3 Å². The van der Waals surface area contributed by atoms with Crippen LogP contribution in [-0.2, 0) is 9.59 Å². The van der Waals surface area contributed by atoms with E-state index in [0.717, 1.165) is 6.08 Å². The Morgan fingerprint density at radius 3 is 2.06 bits per heavy atom. The van der Waals surface area contributed by atoms with Crippen molar-refractivity contribution in [3.8, 4) is 23.0 Å². The summed E-state index contributed by atoms with van der Waals surface area (Å²) >= 11 is 0. The van der Waals surface area contributed by atoms with Crippen molar-refractivity contribution in [2.75, 3.05) is 39.1 Å². The number of amides is 1. The van der Waals surface area contributed by atoms with Crippen molar-refractivity contribution in [3.05, 3.63) is 54.8 Å². The highest BCUT2D eigenvalue weighted by Crippen LogP contribution is 2.39. The van der Waals surface area contributed by atoms with Crippen molar-refractivity contribution in [3.63, 3.8) is 0 Å². The Bertz CT molecular complexity index is 990. The maximum atomic E-state index is 12.9. The second-order valence-corrected chi connectivity index (χ2v) is 6.07. The molecule has 0 aliphatic carbocycles. The number of hydrogen-bond acceptors (Lipinski definition) is 7. The zero-order valence-electron chi connectivity index (χ0n) is 17.6. The summed E-state index contributed by atoms with van der Waals surface area (Å²) in [4.78, 5) is 23.5. The van der Waals surface area contributed by atoms with Crippen molar-refractivity contribution < 1.29 is 33.6 Å². The van der Waals surface area contributed by atoms with Crippen molar-refractivity contribution in [2.45, 2.75) is 0 Å². The lowest BCUT2D eigenvalue weighted by molar-refractivity contribution is -0.131. The van der Waals surface area contributed by atoms with E-state index in [1.807, 2.05) is 0 Å². The summed E-state index contributed by atoms with van der Waals surface area (Å²) in [5, 5.41) is 14.3. The van der Waals surface area contributed by atoms with E-state index in [4.69, 9.17) is 24.1 Å². The van der Waals surface area contributed by atoms with Gasteiger partial charge in [0.2, 0.25) is 0 Å². The summed E-state index contributed by atoms with van der Waals surface area (Å²) in [6.45, 7) is 3.89. The van der Waals surface area contributed by atoms with Gasteiger partial charge in [-0.3, -0.25) is 4.79 Å². The molecule has 0 spiro atoms. The van der Waals surface area contributed by atoms with Crippen LogP contribution in [0.1, 0.15) is 5.56 Å². The average molecular weight is 428 g/mol. The minimum Gasteiger partial charge on any atom is -0.496 e. The number of anilines is 2. The van der Waals surface area contributed by atoms with E-state index in [2.05, 4.69) is 17.2 Å². The molecule has 0 fully saturated rings. The molecule has 3 N–H and O–H groups in total. The van der Waals surface area contributed by atoms with E-state index in [9.17, 15) is 9.59 Å². The molecule has 2 aromatic rings. The van der Waals surface area contributed by atoms with E-state index in [0.29, 0.717) is 39.9 Å². The Morgan fingerprint density at radius 2 is 1.55 bits per heavy atom. The van der Waals surface area contributed by atoms with Crippen LogP contribution in [0.25, 0.3) is 5.57 Å². The predicted octanol–water partition coefficient (Wildman–Crippen LogP) is 3.38. The summed E-state index contributed by atoms with van der Waals surface area (Å²) in [6.07, 6.45) is 2.19. The highest BCUT2D eigenvalue weighted by molar-refractivity contribution is 6.26. The Kier molecular flexibility index (Phi) is 7.90. The van der Waals surface area contributed by atoms with Gasteiger partial charge in [0, 0.05) is 35.7 Å². The third kappa shape index (κ3) is 5.69. The Balaban J connectivity index is 2.31. The Labute approximate surface area is 179 Å². The molecule has 9 nitrogen and oxygen atoms in total. The first kappa shape index (κ1) is 23.1. The summed E-state index contributed by atoms with van der Waals surface area (Å²) < 4.78 is 21.2. The standard InChI is InChI=1S/C22H24N2O7/c1-13(21-18(30-4)11-15(28-2)12-19(21)31-5)22(27)24-14-6-7-17(29-3)16(10-14)23-9-8-20(25)26/h6-12,23H,1H2,2-5H3,(H,24,27)(H,25,26). The van der Waals surface area contributed by atoms with E-state index >= 15 is 0 Å². The van der Waals surface area contributed by atoms with Gasteiger partial charge in [-0.25, -0.2) is 4.79 Å². The number of methoxy groups -OCH3 is 4. The minimum atomic E-state index is -1.10. The molecule has 0 atom stereocenters. The fraction of sp³-hybridized carbons (Fsp3) is 0.182. The molecule has 31 heavy (non-hydrogen) atoms. The number of rotatable bonds is 10. The van der Waals surface area contributed by atoms with Gasteiger partial charge in [-0.05, 0) is 18.2 Å². The monoisotopic (exact) mass is 428 g/mol. The molecule has 2 aromatic carbocycles. The third-order valence-electron chi connectivity index (χ3n) is 4.21. The quantitative estimate of drug-likeness (QED) is 0.494. The number of carboxylic acids is 1. The van der Waals surface area contributed by atoms with Gasteiger partial charge in [-0.15, -0.1) is 0 Å². The second kappa shape index (κ2) is 10.6. The fourth-order valence-electron chi connectivity index (χ4n) is 2.72. The third-order valence-corrected chi connectivity index (χ3v) is 4.21. The maximum absolute atomic E-state index is 12.9. The lowest BCUT2D eigenvalue weighted by Crippen LogP contribution is -2.14. The molecule has 9 heteroatoms. The van der Waals surface area contributed by atoms with Crippen LogP contribution in [0.5, 0.6) is 23.0 Å². The molecule has 0 bridgehead atoms. The van der Waals surface area contributed by atoms with Gasteiger partial charge in [0.05, 0.1) is 39.7 Å². The van der Waals surface area contributed by atoms with Gasteiger partial charge in [0.25, 0.3) is 5.91 Å². The van der Waals surface area contributed by atoms with Crippen LogP contribution in [0.2, 0.25) is 0 Å². The second-order valence-electron chi connectivity index (χ2n) is 6.07. The lowest BCUT2D eigenvalue weighted by Gasteiger charge is -2.17. The molecule has 0 aromatic heterocycles. The van der Waals surface area contributed by atoms with Gasteiger partial charge in [-0.2, -0.15) is 0 Å². The Morgan fingerprint density at radius 1 is 0.935 bits per heavy atom. The number of carbonyl (C=O) groups is 2. The summed E-state index contributed by atoms with van der Waals surface area (Å²) in [5.41, 5.74) is 1.40. The first-order valence-corrected chi connectivity index (χ1v) is 8.99. The zero-order valence-corrected chi connectivity index (χ0v) is 17.6. The van der Waals surface area contributed by atoms with E-state index in [1.165, 1.54) is 34.6 Å².